The normalized spacial score (nSPS) is 15.3. The molecule has 0 radical (unpaired) electrons. The topological polar surface area (TPSA) is 0 Å². The van der Waals surface area contributed by atoms with Gasteiger partial charge in [0, 0.05) is 0 Å². The molecule has 0 heteroatoms. The lowest BCUT2D eigenvalue weighted by molar-refractivity contribution is 0.443. The quantitative estimate of drug-likeness (QED) is 0.400. The van der Waals surface area contributed by atoms with E-state index >= 15 is 0 Å². The highest BCUT2D eigenvalue weighted by atomic mass is 14.2. The van der Waals surface area contributed by atoms with Gasteiger partial charge in [0.05, 0.1) is 0 Å². The molecule has 0 unspecified atom stereocenters. The predicted octanol–water partition coefficient (Wildman–Crippen LogP) is 8.30. The third kappa shape index (κ3) is 5.73. The Bertz CT molecular complexity index is 614. The van der Waals surface area contributed by atoms with Crippen molar-refractivity contribution in [3.05, 3.63) is 59.7 Å². The summed E-state index contributed by atoms with van der Waals surface area (Å²) in [6.07, 6.45) is 16.5. The van der Waals surface area contributed by atoms with Crippen LogP contribution in [0.3, 0.4) is 0 Å². The van der Waals surface area contributed by atoms with Gasteiger partial charge >= 0.3 is 0 Å². The lowest BCUT2D eigenvalue weighted by Crippen LogP contribution is -2.04. The van der Waals surface area contributed by atoms with Crippen LogP contribution >= 0.6 is 0 Å². The van der Waals surface area contributed by atoms with Crippen LogP contribution < -0.4 is 0 Å². The average Bonchev–Trinajstić information content (AvgIpc) is 2.72. The third-order valence-corrected chi connectivity index (χ3v) is 6.09. The molecule has 0 bridgehead atoms. The highest BCUT2D eigenvalue weighted by Crippen LogP contribution is 2.33. The minimum Gasteiger partial charge on any atom is -0.0654 e. The first kappa shape index (κ1) is 19.2. The van der Waals surface area contributed by atoms with Crippen molar-refractivity contribution in [1.29, 1.82) is 0 Å². The summed E-state index contributed by atoms with van der Waals surface area (Å²) < 4.78 is 0. The molecule has 0 saturated heterocycles. The number of hydrogen-bond donors (Lipinski definition) is 0. The zero-order valence-corrected chi connectivity index (χ0v) is 16.7. The molecule has 0 amide bonds. The molecule has 2 aromatic carbocycles. The van der Waals surface area contributed by atoms with Gasteiger partial charge in [-0.1, -0.05) is 107 Å². The maximum absolute atomic E-state index is 2.37. The van der Waals surface area contributed by atoms with Crippen molar-refractivity contribution < 1.29 is 0 Å². The van der Waals surface area contributed by atoms with Crippen LogP contribution in [0.2, 0.25) is 0 Å². The highest BCUT2D eigenvalue weighted by molar-refractivity contribution is 5.64. The van der Waals surface area contributed by atoms with Crippen molar-refractivity contribution in [1.82, 2.24) is 0 Å². The monoisotopic (exact) mass is 348 g/mol. The van der Waals surface area contributed by atoms with Crippen LogP contribution in [0.4, 0.5) is 0 Å². The van der Waals surface area contributed by atoms with Gasteiger partial charge in [0.25, 0.3) is 0 Å². The molecule has 1 fully saturated rings. The lowest BCUT2D eigenvalue weighted by atomic mass is 9.83. The van der Waals surface area contributed by atoms with E-state index in [0.717, 1.165) is 5.92 Å². The number of rotatable bonds is 9. The molecule has 0 heterocycles. The van der Waals surface area contributed by atoms with Crippen molar-refractivity contribution in [2.24, 2.45) is 0 Å². The Morgan fingerprint density at radius 2 is 1.23 bits per heavy atom. The Morgan fingerprint density at radius 1 is 0.654 bits per heavy atom. The molecule has 1 aliphatic rings. The molecular formula is C26H36. The first-order valence-corrected chi connectivity index (χ1v) is 11.1. The van der Waals surface area contributed by atoms with Gasteiger partial charge in [-0.05, 0) is 53.9 Å². The summed E-state index contributed by atoms with van der Waals surface area (Å²) in [7, 11) is 0. The third-order valence-electron chi connectivity index (χ3n) is 6.09. The van der Waals surface area contributed by atoms with Crippen LogP contribution in [-0.4, -0.2) is 0 Å². The molecule has 3 rings (SSSR count). The van der Waals surface area contributed by atoms with Gasteiger partial charge in [-0.2, -0.15) is 0 Å². The Morgan fingerprint density at radius 3 is 1.88 bits per heavy atom. The summed E-state index contributed by atoms with van der Waals surface area (Å²) in [5, 5.41) is 0. The Labute approximate surface area is 161 Å². The van der Waals surface area contributed by atoms with Crippen molar-refractivity contribution in [2.45, 2.75) is 89.9 Å². The first-order chi connectivity index (χ1) is 12.9. The van der Waals surface area contributed by atoms with Crippen molar-refractivity contribution in [3.8, 4) is 11.1 Å². The maximum Gasteiger partial charge on any atom is -0.0162 e. The van der Waals surface area contributed by atoms with E-state index in [9.17, 15) is 0 Å². The SMILES string of the molecule is CCCCCCCCc1ccc(-c2ccc(C3CCCCC3)cc2)cc1. The second-order valence-electron chi connectivity index (χ2n) is 8.17. The van der Waals surface area contributed by atoms with Gasteiger partial charge in [0.15, 0.2) is 0 Å². The first-order valence-electron chi connectivity index (χ1n) is 11.1. The summed E-state index contributed by atoms with van der Waals surface area (Å²) in [5.41, 5.74) is 5.75. The molecule has 0 nitrogen and oxygen atoms in total. The molecule has 26 heavy (non-hydrogen) atoms. The van der Waals surface area contributed by atoms with E-state index in [1.807, 2.05) is 0 Å². The van der Waals surface area contributed by atoms with E-state index in [4.69, 9.17) is 0 Å². The minimum absolute atomic E-state index is 0.803. The van der Waals surface area contributed by atoms with Gasteiger partial charge in [-0.15, -0.1) is 0 Å². The summed E-state index contributed by atoms with van der Waals surface area (Å²) in [4.78, 5) is 0. The zero-order valence-electron chi connectivity index (χ0n) is 16.7. The van der Waals surface area contributed by atoms with Gasteiger partial charge in [0.2, 0.25) is 0 Å². The second kappa shape index (κ2) is 10.6. The standard InChI is InChI=1S/C26H36/c1-2-3-4-5-6-8-11-22-14-16-24(17-15-22)26-20-18-25(19-21-26)23-12-9-7-10-13-23/h14-21,23H,2-13H2,1H3. The van der Waals surface area contributed by atoms with E-state index in [2.05, 4.69) is 55.5 Å². The second-order valence-corrected chi connectivity index (χ2v) is 8.17. The summed E-state index contributed by atoms with van der Waals surface area (Å²) in [6.45, 7) is 2.28. The van der Waals surface area contributed by atoms with Gasteiger partial charge < -0.3 is 0 Å². The van der Waals surface area contributed by atoms with E-state index < -0.39 is 0 Å². The minimum atomic E-state index is 0.803. The number of benzene rings is 2. The van der Waals surface area contributed by atoms with Gasteiger partial charge in [0.1, 0.15) is 0 Å². The molecule has 2 aromatic rings. The summed E-state index contributed by atoms with van der Waals surface area (Å²) in [6, 6.07) is 18.7. The van der Waals surface area contributed by atoms with E-state index in [1.165, 1.54) is 93.7 Å². The fourth-order valence-electron chi connectivity index (χ4n) is 4.36. The van der Waals surface area contributed by atoms with Crippen LogP contribution in [0.15, 0.2) is 48.5 Å². The van der Waals surface area contributed by atoms with E-state index in [0.29, 0.717) is 0 Å². The molecule has 0 spiro atoms. The largest absolute Gasteiger partial charge is 0.0654 e. The maximum atomic E-state index is 2.37. The number of unbranched alkanes of at least 4 members (excludes halogenated alkanes) is 5. The van der Waals surface area contributed by atoms with Crippen molar-refractivity contribution in [2.75, 3.05) is 0 Å². The van der Waals surface area contributed by atoms with Crippen molar-refractivity contribution in [3.63, 3.8) is 0 Å². The molecule has 1 saturated carbocycles. The molecule has 0 aliphatic heterocycles. The summed E-state index contributed by atoms with van der Waals surface area (Å²) in [5.74, 6) is 0.803. The van der Waals surface area contributed by atoms with Crippen LogP contribution in [0, 0.1) is 0 Å². The number of aryl methyl sites for hydroxylation is 1. The van der Waals surface area contributed by atoms with Gasteiger partial charge in [-0.3, -0.25) is 0 Å². The van der Waals surface area contributed by atoms with Crippen LogP contribution in [0.5, 0.6) is 0 Å². The molecular weight excluding hydrogens is 312 g/mol. The van der Waals surface area contributed by atoms with E-state index in [-0.39, 0.29) is 0 Å². The molecule has 0 N–H and O–H groups in total. The predicted molar refractivity (Wildman–Crippen MR) is 115 cm³/mol. The van der Waals surface area contributed by atoms with Crippen molar-refractivity contribution >= 4 is 0 Å². The highest BCUT2D eigenvalue weighted by Gasteiger charge is 2.15. The smallest absolute Gasteiger partial charge is 0.0162 e. The van der Waals surface area contributed by atoms with Gasteiger partial charge in [-0.25, -0.2) is 0 Å². The molecule has 0 aromatic heterocycles. The molecule has 0 atom stereocenters. The Kier molecular flexibility index (Phi) is 7.80. The fourth-order valence-corrected chi connectivity index (χ4v) is 4.36. The van der Waals surface area contributed by atoms with Crippen LogP contribution in [-0.2, 0) is 6.42 Å². The van der Waals surface area contributed by atoms with Crippen LogP contribution in [0.1, 0.15) is 94.6 Å². The average molecular weight is 349 g/mol. The van der Waals surface area contributed by atoms with Crippen LogP contribution in [0.25, 0.3) is 11.1 Å². The number of hydrogen-bond acceptors (Lipinski definition) is 0. The lowest BCUT2D eigenvalue weighted by Gasteiger charge is -2.22. The summed E-state index contributed by atoms with van der Waals surface area (Å²) >= 11 is 0. The molecule has 1 aliphatic carbocycles. The van der Waals surface area contributed by atoms with E-state index in [1.54, 1.807) is 5.56 Å². The molecule has 140 valence electrons. The fraction of sp³-hybridized carbons (Fsp3) is 0.538. The Balaban J connectivity index is 1.50. The zero-order chi connectivity index (χ0) is 18.0. The Hall–Kier alpha value is -1.56.